The third kappa shape index (κ3) is 2.74. The average Bonchev–Trinajstić information content (AvgIpc) is 3.25. The van der Waals surface area contributed by atoms with Crippen molar-refractivity contribution in [3.05, 3.63) is 52.0 Å². The highest BCUT2D eigenvalue weighted by molar-refractivity contribution is 7.91. The van der Waals surface area contributed by atoms with Crippen molar-refractivity contribution in [2.45, 2.75) is 30.5 Å². The van der Waals surface area contributed by atoms with Crippen molar-refractivity contribution in [2.24, 2.45) is 0 Å². The number of nitrogens with one attached hydrogen (secondary N) is 1. The summed E-state index contributed by atoms with van der Waals surface area (Å²) < 4.78 is 27.8. The van der Waals surface area contributed by atoms with Crippen LogP contribution in [-0.2, 0) is 29.4 Å². The Hall–Kier alpha value is -2.16. The van der Waals surface area contributed by atoms with Gasteiger partial charge in [0.2, 0.25) is 0 Å². The number of benzene rings is 1. The van der Waals surface area contributed by atoms with Crippen LogP contribution in [0.25, 0.3) is 10.9 Å². The van der Waals surface area contributed by atoms with E-state index in [0.717, 1.165) is 33.5 Å². The number of carboxylic acid groups (broad SMARTS) is 1. The number of nitrogens with zero attached hydrogens (tertiary/aromatic N) is 1. The Bertz CT molecular complexity index is 1110. The van der Waals surface area contributed by atoms with Crippen molar-refractivity contribution < 1.29 is 18.3 Å². The largest absolute Gasteiger partial charge is 0.478 e. The SMILES string of the molecule is CCc1ccc(S(=O)(=O)N2CCc3[nH]c4ccc(C(=O)O)cc4c3C2)s1. The molecule has 1 aromatic carbocycles. The molecule has 0 amide bonds. The van der Waals surface area contributed by atoms with Crippen LogP contribution in [0, 0.1) is 0 Å². The van der Waals surface area contributed by atoms with Gasteiger partial charge in [-0.25, -0.2) is 13.2 Å². The third-order valence-electron chi connectivity index (χ3n) is 4.77. The van der Waals surface area contributed by atoms with E-state index >= 15 is 0 Å². The van der Waals surface area contributed by atoms with Crippen LogP contribution in [0.1, 0.15) is 33.4 Å². The van der Waals surface area contributed by atoms with E-state index in [-0.39, 0.29) is 12.1 Å². The normalized spacial score (nSPS) is 15.3. The molecule has 0 saturated heterocycles. The average molecular weight is 390 g/mol. The minimum absolute atomic E-state index is 0.199. The van der Waals surface area contributed by atoms with E-state index in [1.807, 2.05) is 13.0 Å². The number of aryl methyl sites for hydroxylation is 1. The van der Waals surface area contributed by atoms with E-state index in [1.165, 1.54) is 15.6 Å². The zero-order valence-corrected chi connectivity index (χ0v) is 15.8. The smallest absolute Gasteiger partial charge is 0.335 e. The topological polar surface area (TPSA) is 90.5 Å². The summed E-state index contributed by atoms with van der Waals surface area (Å²) in [6, 6.07) is 8.44. The highest BCUT2D eigenvalue weighted by Crippen LogP contribution is 2.33. The first kappa shape index (κ1) is 17.3. The maximum Gasteiger partial charge on any atom is 0.335 e. The second-order valence-corrected chi connectivity index (χ2v) is 9.64. The van der Waals surface area contributed by atoms with Crippen molar-refractivity contribution >= 4 is 38.2 Å². The number of rotatable bonds is 4. The third-order valence-corrected chi connectivity index (χ3v) is 8.31. The van der Waals surface area contributed by atoms with Crippen LogP contribution in [-0.4, -0.2) is 35.3 Å². The molecule has 8 heteroatoms. The molecular weight excluding hydrogens is 372 g/mol. The van der Waals surface area contributed by atoms with E-state index in [1.54, 1.807) is 24.3 Å². The van der Waals surface area contributed by atoms with Crippen LogP contribution in [0.3, 0.4) is 0 Å². The lowest BCUT2D eigenvalue weighted by Crippen LogP contribution is -2.35. The fraction of sp³-hybridized carbons (Fsp3) is 0.278. The number of aromatic carboxylic acids is 1. The minimum atomic E-state index is -3.55. The van der Waals surface area contributed by atoms with Gasteiger partial charge in [0.1, 0.15) is 4.21 Å². The zero-order valence-electron chi connectivity index (χ0n) is 14.2. The molecule has 0 saturated carbocycles. The molecule has 3 aromatic rings. The van der Waals surface area contributed by atoms with Crippen LogP contribution >= 0.6 is 11.3 Å². The summed E-state index contributed by atoms with van der Waals surface area (Å²) in [6.07, 6.45) is 1.39. The van der Waals surface area contributed by atoms with Gasteiger partial charge in [-0.3, -0.25) is 0 Å². The number of carbonyl (C=O) groups is 1. The van der Waals surface area contributed by atoms with Gasteiger partial charge in [-0.1, -0.05) is 6.92 Å². The van der Waals surface area contributed by atoms with E-state index < -0.39 is 16.0 Å². The van der Waals surface area contributed by atoms with Crippen LogP contribution in [0.15, 0.2) is 34.5 Å². The molecule has 0 unspecified atom stereocenters. The molecule has 0 bridgehead atoms. The number of aromatic nitrogens is 1. The maximum absolute atomic E-state index is 13.0. The standard InChI is InChI=1S/C18H18N2O4S2/c1-2-12-4-6-17(25-12)26(23,24)20-8-7-16-14(10-20)13-9-11(18(21)22)3-5-15(13)19-16/h3-6,9,19H,2,7-8,10H2,1H3,(H,21,22). The zero-order chi connectivity index (χ0) is 18.5. The second kappa shape index (κ2) is 6.22. The van der Waals surface area contributed by atoms with Crippen molar-refractivity contribution in [3.63, 3.8) is 0 Å². The lowest BCUT2D eigenvalue weighted by Gasteiger charge is -2.26. The summed E-state index contributed by atoms with van der Waals surface area (Å²) in [5, 5.41) is 10.0. The van der Waals surface area contributed by atoms with Crippen molar-refractivity contribution in [1.82, 2.24) is 9.29 Å². The van der Waals surface area contributed by atoms with E-state index in [4.69, 9.17) is 0 Å². The van der Waals surface area contributed by atoms with Gasteiger partial charge in [0.15, 0.2) is 0 Å². The van der Waals surface area contributed by atoms with Gasteiger partial charge in [0.05, 0.1) is 5.56 Å². The summed E-state index contributed by atoms with van der Waals surface area (Å²) in [5.74, 6) is -0.993. The van der Waals surface area contributed by atoms with Crippen LogP contribution in [0.2, 0.25) is 0 Å². The summed E-state index contributed by atoms with van der Waals surface area (Å²) in [5.41, 5.74) is 2.88. The highest BCUT2D eigenvalue weighted by Gasteiger charge is 2.31. The molecule has 6 nitrogen and oxygen atoms in total. The quantitative estimate of drug-likeness (QED) is 0.716. The Morgan fingerprint density at radius 1 is 1.31 bits per heavy atom. The summed E-state index contributed by atoms with van der Waals surface area (Å²) in [7, 11) is -3.55. The first-order chi connectivity index (χ1) is 12.4. The second-order valence-electron chi connectivity index (χ2n) is 6.31. The first-order valence-corrected chi connectivity index (χ1v) is 10.6. The fourth-order valence-corrected chi connectivity index (χ4v) is 6.20. The van der Waals surface area contributed by atoms with Crippen molar-refractivity contribution in [1.29, 1.82) is 0 Å². The fourth-order valence-electron chi connectivity index (χ4n) is 3.34. The number of thiophene rings is 1. The number of fused-ring (bicyclic) bond motifs is 3. The molecule has 0 spiro atoms. The lowest BCUT2D eigenvalue weighted by atomic mass is 10.0. The van der Waals surface area contributed by atoms with Gasteiger partial charge in [-0.15, -0.1) is 11.3 Å². The van der Waals surface area contributed by atoms with Crippen molar-refractivity contribution in [2.75, 3.05) is 6.54 Å². The van der Waals surface area contributed by atoms with Crippen LogP contribution < -0.4 is 0 Å². The van der Waals surface area contributed by atoms with E-state index in [2.05, 4.69) is 4.98 Å². The lowest BCUT2D eigenvalue weighted by molar-refractivity contribution is 0.0697. The minimum Gasteiger partial charge on any atom is -0.478 e. The Morgan fingerprint density at radius 2 is 2.12 bits per heavy atom. The van der Waals surface area contributed by atoms with Crippen LogP contribution in [0.4, 0.5) is 0 Å². The number of carboxylic acids is 1. The van der Waals surface area contributed by atoms with Crippen molar-refractivity contribution in [3.8, 4) is 0 Å². The van der Waals surface area contributed by atoms with E-state index in [9.17, 15) is 18.3 Å². The van der Waals surface area contributed by atoms with Gasteiger partial charge in [0.25, 0.3) is 10.0 Å². The molecule has 2 N–H and O–H groups in total. The Kier molecular flexibility index (Phi) is 4.13. The number of hydrogen-bond donors (Lipinski definition) is 2. The van der Waals surface area contributed by atoms with E-state index in [0.29, 0.717) is 17.2 Å². The molecule has 4 rings (SSSR count). The Balaban J connectivity index is 1.73. The van der Waals surface area contributed by atoms with Gasteiger partial charge < -0.3 is 10.1 Å². The molecule has 26 heavy (non-hydrogen) atoms. The predicted molar refractivity (Wildman–Crippen MR) is 100 cm³/mol. The number of sulfonamides is 1. The molecule has 3 heterocycles. The van der Waals surface area contributed by atoms with Gasteiger partial charge in [-0.05, 0) is 42.3 Å². The molecule has 0 radical (unpaired) electrons. The molecule has 2 aromatic heterocycles. The Morgan fingerprint density at radius 3 is 2.81 bits per heavy atom. The van der Waals surface area contributed by atoms with Gasteiger partial charge in [0, 0.05) is 41.0 Å². The van der Waals surface area contributed by atoms with Crippen LogP contribution in [0.5, 0.6) is 0 Å². The molecule has 136 valence electrons. The number of H-pyrrole nitrogens is 1. The monoisotopic (exact) mass is 390 g/mol. The van der Waals surface area contributed by atoms with Gasteiger partial charge in [-0.2, -0.15) is 4.31 Å². The molecular formula is C18H18N2O4S2. The number of aromatic amines is 1. The molecule has 0 atom stereocenters. The Labute approximate surface area is 155 Å². The summed E-state index contributed by atoms with van der Waals surface area (Å²) >= 11 is 1.31. The summed E-state index contributed by atoms with van der Waals surface area (Å²) in [4.78, 5) is 15.6. The number of hydrogen-bond acceptors (Lipinski definition) is 4. The maximum atomic E-state index is 13.0. The molecule has 0 aliphatic carbocycles. The molecule has 0 fully saturated rings. The highest BCUT2D eigenvalue weighted by atomic mass is 32.2. The van der Waals surface area contributed by atoms with Gasteiger partial charge >= 0.3 is 5.97 Å². The molecule has 1 aliphatic heterocycles. The predicted octanol–water partition coefficient (Wildman–Crippen LogP) is 3.24. The summed E-state index contributed by atoms with van der Waals surface area (Å²) in [6.45, 7) is 2.66. The first-order valence-electron chi connectivity index (χ1n) is 8.35. The molecule has 1 aliphatic rings.